The fourth-order valence-electron chi connectivity index (χ4n) is 2.73. The number of nitrogens with one attached hydrogen (secondary N) is 1. The Hall–Kier alpha value is -1.29. The summed E-state index contributed by atoms with van der Waals surface area (Å²) in [7, 11) is 1.66. The summed E-state index contributed by atoms with van der Waals surface area (Å²) in [4.78, 5) is 4.31. The smallest absolute Gasteiger partial charge is 0.213 e. The topological polar surface area (TPSA) is 43.4 Å². The van der Waals surface area contributed by atoms with Crippen LogP contribution in [0.15, 0.2) is 18.3 Å². The van der Waals surface area contributed by atoms with Gasteiger partial charge >= 0.3 is 0 Å². The summed E-state index contributed by atoms with van der Waals surface area (Å²) in [5.41, 5.74) is 1.09. The molecule has 4 nitrogen and oxygen atoms in total. The summed E-state index contributed by atoms with van der Waals surface area (Å²) >= 11 is 0. The second kappa shape index (κ2) is 8.10. The standard InChI is InChI=1S/C16H26N2O2/c1-3-13-4-6-14(7-5-13)18-15-8-9-16(17-12-15)20-11-10-19-2/h8-9,12-14,18H,3-7,10-11H2,1-2H3. The predicted octanol–water partition coefficient (Wildman–Crippen LogP) is 3.49. The van der Waals surface area contributed by atoms with Gasteiger partial charge in [-0.3, -0.25) is 0 Å². The number of hydrogen-bond donors (Lipinski definition) is 1. The maximum Gasteiger partial charge on any atom is 0.213 e. The van der Waals surface area contributed by atoms with Crippen molar-refractivity contribution >= 4 is 5.69 Å². The minimum Gasteiger partial charge on any atom is -0.475 e. The Morgan fingerprint density at radius 1 is 1.20 bits per heavy atom. The summed E-state index contributed by atoms with van der Waals surface area (Å²) < 4.78 is 10.4. The highest BCUT2D eigenvalue weighted by molar-refractivity contribution is 5.43. The minimum absolute atomic E-state index is 0.539. The van der Waals surface area contributed by atoms with Crippen molar-refractivity contribution in [3.8, 4) is 5.88 Å². The van der Waals surface area contributed by atoms with Crippen molar-refractivity contribution in [1.29, 1.82) is 0 Å². The van der Waals surface area contributed by atoms with E-state index in [0.29, 0.717) is 25.1 Å². The van der Waals surface area contributed by atoms with E-state index in [9.17, 15) is 0 Å². The van der Waals surface area contributed by atoms with E-state index >= 15 is 0 Å². The Morgan fingerprint density at radius 2 is 2.00 bits per heavy atom. The Balaban J connectivity index is 1.76. The van der Waals surface area contributed by atoms with Crippen molar-refractivity contribution in [1.82, 2.24) is 4.98 Å². The van der Waals surface area contributed by atoms with Crippen molar-refractivity contribution < 1.29 is 9.47 Å². The number of pyridine rings is 1. The van der Waals surface area contributed by atoms with Gasteiger partial charge in [0.25, 0.3) is 0 Å². The molecule has 2 rings (SSSR count). The maximum absolute atomic E-state index is 5.46. The molecule has 0 aromatic carbocycles. The summed E-state index contributed by atoms with van der Waals surface area (Å²) in [5.74, 6) is 1.59. The Bertz CT molecular complexity index is 373. The van der Waals surface area contributed by atoms with Gasteiger partial charge in [-0.05, 0) is 37.7 Å². The monoisotopic (exact) mass is 278 g/mol. The molecule has 1 heterocycles. The second-order valence-corrected chi connectivity index (χ2v) is 5.50. The van der Waals surface area contributed by atoms with Gasteiger partial charge in [0.1, 0.15) is 6.61 Å². The Morgan fingerprint density at radius 3 is 2.60 bits per heavy atom. The molecule has 1 aromatic rings. The van der Waals surface area contributed by atoms with E-state index in [2.05, 4.69) is 17.2 Å². The summed E-state index contributed by atoms with van der Waals surface area (Å²) in [5, 5.41) is 3.58. The van der Waals surface area contributed by atoms with Crippen molar-refractivity contribution in [2.24, 2.45) is 5.92 Å². The molecular formula is C16H26N2O2. The van der Waals surface area contributed by atoms with Crippen LogP contribution in [0.25, 0.3) is 0 Å². The number of nitrogens with zero attached hydrogens (tertiary/aromatic N) is 1. The van der Waals surface area contributed by atoms with Crippen LogP contribution in [0.2, 0.25) is 0 Å². The lowest BCUT2D eigenvalue weighted by atomic mass is 9.84. The van der Waals surface area contributed by atoms with Crippen molar-refractivity contribution in [2.75, 3.05) is 25.6 Å². The first-order chi connectivity index (χ1) is 9.81. The van der Waals surface area contributed by atoms with Crippen LogP contribution in [0.3, 0.4) is 0 Å². The van der Waals surface area contributed by atoms with Crippen molar-refractivity contribution in [3.63, 3.8) is 0 Å². The van der Waals surface area contributed by atoms with E-state index in [-0.39, 0.29) is 0 Å². The van der Waals surface area contributed by atoms with Crippen LogP contribution in [0.5, 0.6) is 5.88 Å². The molecule has 20 heavy (non-hydrogen) atoms. The largest absolute Gasteiger partial charge is 0.475 e. The highest BCUT2D eigenvalue weighted by Gasteiger charge is 2.19. The molecule has 0 unspecified atom stereocenters. The maximum atomic E-state index is 5.46. The van der Waals surface area contributed by atoms with Gasteiger partial charge in [0.15, 0.2) is 0 Å². The van der Waals surface area contributed by atoms with Crippen LogP contribution < -0.4 is 10.1 Å². The van der Waals surface area contributed by atoms with Crippen molar-refractivity contribution in [2.45, 2.75) is 45.1 Å². The molecule has 1 aliphatic carbocycles. The highest BCUT2D eigenvalue weighted by atomic mass is 16.5. The normalized spacial score (nSPS) is 22.5. The molecule has 0 atom stereocenters. The lowest BCUT2D eigenvalue weighted by molar-refractivity contribution is 0.144. The summed E-state index contributed by atoms with van der Waals surface area (Å²) in [6.07, 6.45) is 8.41. The summed E-state index contributed by atoms with van der Waals surface area (Å²) in [6.45, 7) is 3.42. The SMILES string of the molecule is CCC1CCC(Nc2ccc(OCCOC)nc2)CC1. The lowest BCUT2D eigenvalue weighted by Gasteiger charge is -2.29. The zero-order chi connectivity index (χ0) is 14.2. The zero-order valence-corrected chi connectivity index (χ0v) is 12.6. The van der Waals surface area contributed by atoms with Gasteiger partial charge in [0.05, 0.1) is 18.5 Å². The van der Waals surface area contributed by atoms with E-state index in [0.717, 1.165) is 11.6 Å². The van der Waals surface area contributed by atoms with E-state index in [1.54, 1.807) is 7.11 Å². The van der Waals surface area contributed by atoms with E-state index in [1.165, 1.54) is 32.1 Å². The molecule has 1 saturated carbocycles. The number of rotatable bonds is 7. The highest BCUT2D eigenvalue weighted by Crippen LogP contribution is 2.28. The fraction of sp³-hybridized carbons (Fsp3) is 0.688. The number of aromatic nitrogens is 1. The van der Waals surface area contributed by atoms with E-state index in [4.69, 9.17) is 9.47 Å². The molecule has 0 amide bonds. The quantitative estimate of drug-likeness (QED) is 0.775. The Kier molecular flexibility index (Phi) is 6.12. The van der Waals surface area contributed by atoms with Crippen LogP contribution in [0.1, 0.15) is 39.0 Å². The van der Waals surface area contributed by atoms with E-state index < -0.39 is 0 Å². The molecule has 1 aromatic heterocycles. The molecule has 1 fully saturated rings. The van der Waals surface area contributed by atoms with Gasteiger partial charge in [-0.15, -0.1) is 0 Å². The molecular weight excluding hydrogens is 252 g/mol. The van der Waals surface area contributed by atoms with Gasteiger partial charge in [-0.25, -0.2) is 4.98 Å². The Labute approximate surface area is 121 Å². The van der Waals surface area contributed by atoms with Crippen LogP contribution in [-0.2, 0) is 4.74 Å². The van der Waals surface area contributed by atoms with Gasteiger partial charge < -0.3 is 14.8 Å². The third-order valence-corrected chi connectivity index (χ3v) is 4.07. The van der Waals surface area contributed by atoms with Gasteiger partial charge in [0.2, 0.25) is 5.88 Å². The number of anilines is 1. The molecule has 0 spiro atoms. The minimum atomic E-state index is 0.539. The first-order valence-corrected chi connectivity index (χ1v) is 7.66. The third kappa shape index (κ3) is 4.67. The second-order valence-electron chi connectivity index (χ2n) is 5.50. The first kappa shape index (κ1) is 15.1. The molecule has 0 bridgehead atoms. The van der Waals surface area contributed by atoms with Gasteiger partial charge in [-0.1, -0.05) is 13.3 Å². The summed E-state index contributed by atoms with van der Waals surface area (Å²) in [6, 6.07) is 4.55. The molecule has 0 saturated heterocycles. The zero-order valence-electron chi connectivity index (χ0n) is 12.6. The van der Waals surface area contributed by atoms with Crippen LogP contribution in [0.4, 0.5) is 5.69 Å². The first-order valence-electron chi connectivity index (χ1n) is 7.66. The molecule has 112 valence electrons. The molecule has 1 N–H and O–H groups in total. The van der Waals surface area contributed by atoms with Gasteiger partial charge in [0, 0.05) is 19.2 Å². The molecule has 1 aliphatic rings. The lowest BCUT2D eigenvalue weighted by Crippen LogP contribution is -2.25. The van der Waals surface area contributed by atoms with E-state index in [1.807, 2.05) is 18.3 Å². The molecule has 4 heteroatoms. The number of ether oxygens (including phenoxy) is 2. The fourth-order valence-corrected chi connectivity index (χ4v) is 2.73. The average Bonchev–Trinajstić information content (AvgIpc) is 2.50. The van der Waals surface area contributed by atoms with Crippen LogP contribution in [0, 0.1) is 5.92 Å². The average molecular weight is 278 g/mol. The number of methoxy groups -OCH3 is 1. The van der Waals surface area contributed by atoms with Crippen molar-refractivity contribution in [3.05, 3.63) is 18.3 Å². The van der Waals surface area contributed by atoms with Crippen LogP contribution >= 0.6 is 0 Å². The number of hydrogen-bond acceptors (Lipinski definition) is 4. The molecule has 0 aliphatic heterocycles. The predicted molar refractivity (Wildman–Crippen MR) is 81.3 cm³/mol. The van der Waals surface area contributed by atoms with Crippen LogP contribution in [-0.4, -0.2) is 31.3 Å². The third-order valence-electron chi connectivity index (χ3n) is 4.07. The van der Waals surface area contributed by atoms with Gasteiger partial charge in [-0.2, -0.15) is 0 Å². The molecule has 0 radical (unpaired) electrons.